The van der Waals surface area contributed by atoms with Crippen molar-refractivity contribution in [2.24, 2.45) is 0 Å². The monoisotopic (exact) mass is 244 g/mol. The minimum atomic E-state index is -0.191. The zero-order valence-corrected chi connectivity index (χ0v) is 10.4. The number of rotatable bonds is 3. The van der Waals surface area contributed by atoms with Crippen LogP contribution in [0, 0.1) is 6.92 Å². The summed E-state index contributed by atoms with van der Waals surface area (Å²) in [5, 5.41) is 9.55. The first-order chi connectivity index (χ1) is 8.56. The fourth-order valence-corrected chi connectivity index (χ4v) is 1.67. The summed E-state index contributed by atoms with van der Waals surface area (Å²) in [6.45, 7) is 3.77. The fourth-order valence-electron chi connectivity index (χ4n) is 1.67. The summed E-state index contributed by atoms with van der Waals surface area (Å²) in [7, 11) is 0. The van der Waals surface area contributed by atoms with Crippen LogP contribution in [0.4, 0.5) is 5.69 Å². The van der Waals surface area contributed by atoms with Crippen molar-refractivity contribution in [2.45, 2.75) is 19.9 Å². The predicted molar refractivity (Wildman–Crippen MR) is 70.1 cm³/mol. The van der Waals surface area contributed by atoms with Crippen LogP contribution in [-0.2, 0) is 0 Å². The number of hydrogen-bond donors (Lipinski definition) is 3. The van der Waals surface area contributed by atoms with Gasteiger partial charge in [0.2, 0.25) is 0 Å². The SMILES string of the molecule is Cc1cc(C(=O)NC(C)c2ccc(N)cc2)n[nH]1. The highest BCUT2D eigenvalue weighted by molar-refractivity contribution is 5.92. The Balaban J connectivity index is 2.05. The maximum Gasteiger partial charge on any atom is 0.272 e. The summed E-state index contributed by atoms with van der Waals surface area (Å²) in [6, 6.07) is 9.06. The highest BCUT2D eigenvalue weighted by atomic mass is 16.2. The van der Waals surface area contributed by atoms with Crippen molar-refractivity contribution < 1.29 is 4.79 Å². The molecule has 0 saturated heterocycles. The molecular formula is C13H16N4O. The number of aryl methyl sites for hydroxylation is 1. The summed E-state index contributed by atoms with van der Waals surface area (Å²) in [6.07, 6.45) is 0. The lowest BCUT2D eigenvalue weighted by atomic mass is 10.1. The molecule has 5 nitrogen and oxygen atoms in total. The quantitative estimate of drug-likeness (QED) is 0.720. The van der Waals surface area contributed by atoms with E-state index in [0.29, 0.717) is 11.4 Å². The molecule has 18 heavy (non-hydrogen) atoms. The molecule has 1 aromatic carbocycles. The van der Waals surface area contributed by atoms with Crippen molar-refractivity contribution in [3.8, 4) is 0 Å². The molecular weight excluding hydrogens is 228 g/mol. The number of nitrogen functional groups attached to an aromatic ring is 1. The number of amides is 1. The number of benzene rings is 1. The summed E-state index contributed by atoms with van der Waals surface area (Å²) in [4.78, 5) is 11.9. The van der Waals surface area contributed by atoms with Crippen LogP contribution in [0.5, 0.6) is 0 Å². The molecule has 0 aliphatic carbocycles. The van der Waals surface area contributed by atoms with Gasteiger partial charge in [0.05, 0.1) is 6.04 Å². The second-order valence-electron chi connectivity index (χ2n) is 4.30. The number of nitrogens with one attached hydrogen (secondary N) is 2. The number of carbonyl (C=O) groups excluding carboxylic acids is 1. The molecule has 1 heterocycles. The van der Waals surface area contributed by atoms with Gasteiger partial charge >= 0.3 is 0 Å². The topological polar surface area (TPSA) is 83.8 Å². The average Bonchev–Trinajstić information content (AvgIpc) is 2.76. The van der Waals surface area contributed by atoms with Crippen molar-refractivity contribution in [1.82, 2.24) is 15.5 Å². The summed E-state index contributed by atoms with van der Waals surface area (Å²) in [5.74, 6) is -0.191. The highest BCUT2D eigenvalue weighted by Gasteiger charge is 2.13. The van der Waals surface area contributed by atoms with E-state index >= 15 is 0 Å². The van der Waals surface area contributed by atoms with Crippen molar-refractivity contribution >= 4 is 11.6 Å². The van der Waals surface area contributed by atoms with Gasteiger partial charge in [-0.15, -0.1) is 0 Å². The van der Waals surface area contributed by atoms with Gasteiger partial charge in [-0.3, -0.25) is 9.89 Å². The number of H-pyrrole nitrogens is 1. The lowest BCUT2D eigenvalue weighted by Gasteiger charge is -2.13. The van der Waals surface area contributed by atoms with Gasteiger partial charge < -0.3 is 11.1 Å². The molecule has 0 aliphatic rings. The standard InChI is InChI=1S/C13H16N4O/c1-8-7-12(17-16-8)13(18)15-9(2)10-3-5-11(14)6-4-10/h3-7,9H,14H2,1-2H3,(H,15,18)(H,16,17). The molecule has 2 rings (SSSR count). The first-order valence-electron chi connectivity index (χ1n) is 5.74. The maximum absolute atomic E-state index is 11.9. The normalized spacial score (nSPS) is 12.1. The van der Waals surface area contributed by atoms with E-state index in [1.54, 1.807) is 6.07 Å². The second-order valence-corrected chi connectivity index (χ2v) is 4.30. The Kier molecular flexibility index (Phi) is 3.32. The zero-order chi connectivity index (χ0) is 13.1. The molecule has 0 spiro atoms. The van der Waals surface area contributed by atoms with Gasteiger partial charge in [0.15, 0.2) is 0 Å². The maximum atomic E-state index is 11.9. The zero-order valence-electron chi connectivity index (χ0n) is 10.4. The number of anilines is 1. The Morgan fingerprint density at radius 3 is 2.61 bits per heavy atom. The van der Waals surface area contributed by atoms with Crippen molar-refractivity contribution in [2.75, 3.05) is 5.73 Å². The molecule has 0 aliphatic heterocycles. The number of nitrogens with two attached hydrogens (primary N) is 1. The third kappa shape index (κ3) is 2.68. The molecule has 0 saturated carbocycles. The van der Waals surface area contributed by atoms with Crippen molar-refractivity contribution in [1.29, 1.82) is 0 Å². The third-order valence-corrected chi connectivity index (χ3v) is 2.72. The van der Waals surface area contributed by atoms with Gasteiger partial charge in [-0.2, -0.15) is 5.10 Å². The van der Waals surface area contributed by atoms with Crippen LogP contribution in [0.1, 0.15) is 34.7 Å². The number of carbonyl (C=O) groups is 1. The van der Waals surface area contributed by atoms with Crippen LogP contribution < -0.4 is 11.1 Å². The van der Waals surface area contributed by atoms with E-state index in [-0.39, 0.29) is 11.9 Å². The largest absolute Gasteiger partial charge is 0.399 e. The molecule has 1 aromatic heterocycles. The Bertz CT molecular complexity index is 544. The van der Waals surface area contributed by atoms with Crippen LogP contribution in [0.15, 0.2) is 30.3 Å². The lowest BCUT2D eigenvalue weighted by molar-refractivity contribution is 0.0935. The molecule has 0 bridgehead atoms. The van der Waals surface area contributed by atoms with Crippen LogP contribution in [0.2, 0.25) is 0 Å². The van der Waals surface area contributed by atoms with E-state index in [1.807, 2.05) is 38.1 Å². The number of nitrogens with zero attached hydrogens (tertiary/aromatic N) is 1. The smallest absolute Gasteiger partial charge is 0.272 e. The van der Waals surface area contributed by atoms with Gasteiger partial charge in [-0.1, -0.05) is 12.1 Å². The third-order valence-electron chi connectivity index (χ3n) is 2.72. The van der Waals surface area contributed by atoms with E-state index in [0.717, 1.165) is 11.3 Å². The molecule has 1 amide bonds. The van der Waals surface area contributed by atoms with E-state index in [4.69, 9.17) is 5.73 Å². The van der Waals surface area contributed by atoms with Crippen LogP contribution in [0.3, 0.4) is 0 Å². The Morgan fingerprint density at radius 2 is 2.06 bits per heavy atom. The molecule has 1 unspecified atom stereocenters. The van der Waals surface area contributed by atoms with Crippen molar-refractivity contribution in [3.63, 3.8) is 0 Å². The fraction of sp³-hybridized carbons (Fsp3) is 0.231. The first kappa shape index (κ1) is 12.2. The van der Waals surface area contributed by atoms with E-state index in [1.165, 1.54) is 0 Å². The molecule has 4 N–H and O–H groups in total. The Labute approximate surface area is 105 Å². The van der Waals surface area contributed by atoms with Gasteiger partial charge in [-0.25, -0.2) is 0 Å². The minimum absolute atomic E-state index is 0.0879. The average molecular weight is 244 g/mol. The van der Waals surface area contributed by atoms with Crippen LogP contribution >= 0.6 is 0 Å². The molecule has 0 fully saturated rings. The Morgan fingerprint density at radius 1 is 1.39 bits per heavy atom. The highest BCUT2D eigenvalue weighted by Crippen LogP contribution is 2.14. The van der Waals surface area contributed by atoms with Gasteiger partial charge in [0.1, 0.15) is 5.69 Å². The molecule has 0 radical (unpaired) electrons. The molecule has 94 valence electrons. The van der Waals surface area contributed by atoms with E-state index in [9.17, 15) is 4.79 Å². The summed E-state index contributed by atoms with van der Waals surface area (Å²) in [5.41, 5.74) is 8.59. The van der Waals surface area contributed by atoms with Gasteiger partial charge in [0.25, 0.3) is 5.91 Å². The predicted octanol–water partition coefficient (Wildman–Crippen LogP) is 1.79. The van der Waals surface area contributed by atoms with E-state index < -0.39 is 0 Å². The summed E-state index contributed by atoms with van der Waals surface area (Å²) < 4.78 is 0. The number of aromatic nitrogens is 2. The van der Waals surface area contributed by atoms with Crippen molar-refractivity contribution in [3.05, 3.63) is 47.3 Å². The number of hydrogen-bond acceptors (Lipinski definition) is 3. The lowest BCUT2D eigenvalue weighted by Crippen LogP contribution is -2.26. The van der Waals surface area contributed by atoms with Gasteiger partial charge in [0, 0.05) is 11.4 Å². The molecule has 5 heteroatoms. The molecule has 1 atom stereocenters. The molecule has 2 aromatic rings. The van der Waals surface area contributed by atoms with Crippen LogP contribution in [0.25, 0.3) is 0 Å². The van der Waals surface area contributed by atoms with E-state index in [2.05, 4.69) is 15.5 Å². The van der Waals surface area contributed by atoms with Gasteiger partial charge in [-0.05, 0) is 37.6 Å². The van der Waals surface area contributed by atoms with Crippen LogP contribution in [-0.4, -0.2) is 16.1 Å². The minimum Gasteiger partial charge on any atom is -0.399 e. The second kappa shape index (κ2) is 4.91. The summed E-state index contributed by atoms with van der Waals surface area (Å²) >= 11 is 0. The Hall–Kier alpha value is -2.30. The first-order valence-corrected chi connectivity index (χ1v) is 5.74. The number of aromatic amines is 1.